The van der Waals surface area contributed by atoms with Gasteiger partial charge in [0.1, 0.15) is 0 Å². The Balaban J connectivity index is 1.24. The zero-order valence-electron chi connectivity index (χ0n) is 24.7. The summed E-state index contributed by atoms with van der Waals surface area (Å²) in [6.45, 7) is 4.79. The van der Waals surface area contributed by atoms with Crippen molar-refractivity contribution in [3.05, 3.63) is 11.8 Å². The molecule has 1 N–H and O–H groups in total. The van der Waals surface area contributed by atoms with Crippen LogP contribution in [0.5, 0.6) is 0 Å². The van der Waals surface area contributed by atoms with E-state index in [9.17, 15) is 14.4 Å². The molecule has 0 aromatic carbocycles. The van der Waals surface area contributed by atoms with Crippen molar-refractivity contribution in [1.29, 1.82) is 0 Å². The van der Waals surface area contributed by atoms with Gasteiger partial charge in [-0.25, -0.2) is 4.79 Å². The van der Waals surface area contributed by atoms with E-state index in [0.717, 1.165) is 77.0 Å². The van der Waals surface area contributed by atoms with Crippen LogP contribution >= 0.6 is 0 Å². The van der Waals surface area contributed by atoms with Gasteiger partial charge < -0.3 is 10.2 Å². The largest absolute Gasteiger partial charge is 0.335 e. The molecule has 1 unspecified atom stereocenters. The quantitative estimate of drug-likeness (QED) is 0.431. The third-order valence-electron chi connectivity index (χ3n) is 12.6. The van der Waals surface area contributed by atoms with Crippen LogP contribution in [0.25, 0.3) is 0 Å². The van der Waals surface area contributed by atoms with E-state index in [0.29, 0.717) is 24.2 Å². The highest BCUT2D eigenvalue weighted by Crippen LogP contribution is 2.66. The highest BCUT2D eigenvalue weighted by atomic mass is 16.2. The normalized spacial score (nSPS) is 39.3. The third-order valence-corrected chi connectivity index (χ3v) is 12.6. The van der Waals surface area contributed by atoms with E-state index >= 15 is 0 Å². The van der Waals surface area contributed by atoms with Crippen LogP contribution in [0, 0.1) is 34.5 Å². The average Bonchev–Trinajstić information content (AvgIpc) is 3.29. The highest BCUT2D eigenvalue weighted by Gasteiger charge is 2.61. The van der Waals surface area contributed by atoms with E-state index in [1.54, 1.807) is 4.90 Å². The second kappa shape index (κ2) is 10.5. The number of piperidine rings is 1. The Kier molecular flexibility index (Phi) is 7.37. The number of carbonyl (C=O) groups excluding carboxylic acids is 3. The summed E-state index contributed by atoms with van der Waals surface area (Å²) in [5.41, 5.74) is 1.26. The van der Waals surface area contributed by atoms with Crippen LogP contribution in [0.1, 0.15) is 123 Å². The predicted molar refractivity (Wildman–Crippen MR) is 152 cm³/mol. The van der Waals surface area contributed by atoms with E-state index in [-0.39, 0.29) is 46.7 Å². The summed E-state index contributed by atoms with van der Waals surface area (Å²) >= 11 is 0. The molecule has 0 aromatic rings. The number of carbonyl (C=O) groups is 3. The lowest BCUT2D eigenvalue weighted by Gasteiger charge is -2.58. The predicted octanol–water partition coefficient (Wildman–Crippen LogP) is 6.79. The molecule has 39 heavy (non-hydrogen) atoms. The Morgan fingerprint density at radius 3 is 2.31 bits per heavy atom. The fraction of sp³-hybridized carbons (Fsp3) is 0.848. The molecule has 0 radical (unpaired) electrons. The van der Waals surface area contributed by atoms with E-state index in [1.807, 2.05) is 11.9 Å². The van der Waals surface area contributed by atoms with Crippen molar-refractivity contribution in [3.63, 3.8) is 0 Å². The van der Waals surface area contributed by atoms with Crippen molar-refractivity contribution >= 4 is 17.8 Å². The molecule has 0 spiro atoms. The van der Waals surface area contributed by atoms with Crippen LogP contribution in [0.3, 0.4) is 0 Å². The molecule has 4 saturated carbocycles. The minimum absolute atomic E-state index is 0.0472. The van der Waals surface area contributed by atoms with E-state index < -0.39 is 0 Å². The van der Waals surface area contributed by atoms with Crippen molar-refractivity contribution in [3.8, 4) is 0 Å². The number of allylic oxidation sites excluding steroid dienone is 2. The Bertz CT molecular complexity index is 1010. The van der Waals surface area contributed by atoms with E-state index in [4.69, 9.17) is 0 Å². The molecule has 1 saturated heterocycles. The number of fused-ring (bicyclic) bond motifs is 5. The summed E-state index contributed by atoms with van der Waals surface area (Å²) in [7, 11) is 1.96. The van der Waals surface area contributed by atoms with Gasteiger partial charge >= 0.3 is 6.03 Å². The number of likely N-dealkylation sites (tertiary alicyclic amines) is 1. The topological polar surface area (TPSA) is 69.7 Å². The van der Waals surface area contributed by atoms with E-state index in [2.05, 4.69) is 25.2 Å². The molecule has 6 atom stereocenters. The summed E-state index contributed by atoms with van der Waals surface area (Å²) in [5.74, 6) is 1.97. The first kappa shape index (κ1) is 27.3. The van der Waals surface area contributed by atoms with Crippen LogP contribution in [0.4, 0.5) is 4.79 Å². The van der Waals surface area contributed by atoms with Gasteiger partial charge in [0.05, 0.1) is 0 Å². The smallest absolute Gasteiger partial charge is 0.324 e. The van der Waals surface area contributed by atoms with Crippen molar-refractivity contribution in [2.45, 2.75) is 135 Å². The Hall–Kier alpha value is -1.85. The lowest BCUT2D eigenvalue weighted by atomic mass is 9.49. The van der Waals surface area contributed by atoms with Crippen molar-refractivity contribution in [1.82, 2.24) is 15.1 Å². The Morgan fingerprint density at radius 1 is 0.897 bits per heavy atom. The van der Waals surface area contributed by atoms with Gasteiger partial charge in [-0.15, -0.1) is 0 Å². The lowest BCUT2D eigenvalue weighted by molar-refractivity contribution is -0.144. The molecule has 0 aromatic heterocycles. The maximum absolute atomic E-state index is 14.5. The van der Waals surface area contributed by atoms with Gasteiger partial charge in [0.2, 0.25) is 11.8 Å². The average molecular weight is 538 g/mol. The molecule has 6 rings (SSSR count). The van der Waals surface area contributed by atoms with Crippen molar-refractivity contribution < 1.29 is 14.4 Å². The first-order chi connectivity index (χ1) is 18.7. The maximum Gasteiger partial charge on any atom is 0.324 e. The Morgan fingerprint density at radius 2 is 1.59 bits per heavy atom. The molecule has 5 fully saturated rings. The molecular formula is C33H51N3O3. The van der Waals surface area contributed by atoms with Gasteiger partial charge in [0.15, 0.2) is 0 Å². The summed E-state index contributed by atoms with van der Waals surface area (Å²) in [4.78, 5) is 44.5. The second-order valence-electron chi connectivity index (χ2n) is 14.5. The zero-order chi connectivity index (χ0) is 27.4. The number of hydrogen-bond acceptors (Lipinski definition) is 3. The van der Waals surface area contributed by atoms with Crippen molar-refractivity contribution in [2.75, 3.05) is 7.05 Å². The number of rotatable bonds is 3. The Labute approximate surface area is 235 Å². The third kappa shape index (κ3) is 4.56. The SMILES string of the molecule is CN1C(=O)CC[C@@]2(C)C1=CC[C@@H]1[C@H]2CC[C@]2(C)C(C(=O)N(C(=O)NC3CCCCC3)C3CCCCC3)CC[C@@H]12. The van der Waals surface area contributed by atoms with Crippen LogP contribution in [0.15, 0.2) is 11.8 Å². The molecule has 0 bridgehead atoms. The highest BCUT2D eigenvalue weighted by molar-refractivity contribution is 5.96. The van der Waals surface area contributed by atoms with Crippen LogP contribution < -0.4 is 5.32 Å². The summed E-state index contributed by atoms with van der Waals surface area (Å²) < 4.78 is 0. The van der Waals surface area contributed by atoms with E-state index in [1.165, 1.54) is 31.4 Å². The molecule has 5 aliphatic carbocycles. The van der Waals surface area contributed by atoms with Crippen molar-refractivity contribution in [2.24, 2.45) is 34.5 Å². The summed E-state index contributed by atoms with van der Waals surface area (Å²) in [6, 6.07) is 0.174. The standard InChI is InChI=1S/C33H51N3O3/c1-32-20-18-26-24(14-17-28-33(26,2)21-19-29(37)35(28)3)25(32)15-16-27(32)30(38)36(23-12-8-5-9-13-23)31(39)34-22-10-6-4-7-11-22/h17,22-27H,4-16,18-21H2,1-3H3,(H,34,39)/t24-,25-,26+,27?,32-,33+/m0/s1. The summed E-state index contributed by atoms with van der Waals surface area (Å²) in [6.07, 6.45) is 20.2. The fourth-order valence-electron chi connectivity index (χ4n) is 10.4. The minimum atomic E-state index is -0.104. The van der Waals surface area contributed by atoms with Gasteiger partial charge in [-0.3, -0.25) is 14.5 Å². The molecule has 6 heteroatoms. The minimum Gasteiger partial charge on any atom is -0.335 e. The first-order valence-corrected chi connectivity index (χ1v) is 16.3. The molecule has 1 aliphatic heterocycles. The van der Waals surface area contributed by atoms with Crippen LogP contribution in [-0.4, -0.2) is 46.8 Å². The van der Waals surface area contributed by atoms with Crippen LogP contribution in [-0.2, 0) is 9.59 Å². The van der Waals surface area contributed by atoms with Gasteiger partial charge in [-0.1, -0.05) is 58.4 Å². The second-order valence-corrected chi connectivity index (χ2v) is 14.5. The maximum atomic E-state index is 14.5. The van der Waals surface area contributed by atoms with Gasteiger partial charge in [0.25, 0.3) is 0 Å². The van der Waals surface area contributed by atoms with Crippen LogP contribution in [0.2, 0.25) is 0 Å². The molecular weight excluding hydrogens is 486 g/mol. The molecule has 6 nitrogen and oxygen atoms in total. The first-order valence-electron chi connectivity index (χ1n) is 16.3. The number of hydrogen-bond donors (Lipinski definition) is 1. The number of imide groups is 1. The number of nitrogens with one attached hydrogen (secondary N) is 1. The fourth-order valence-corrected chi connectivity index (χ4v) is 10.4. The lowest BCUT2D eigenvalue weighted by Crippen LogP contribution is -2.57. The molecule has 216 valence electrons. The molecule has 4 amide bonds. The zero-order valence-corrected chi connectivity index (χ0v) is 24.7. The number of nitrogens with zero attached hydrogens (tertiary/aromatic N) is 2. The summed E-state index contributed by atoms with van der Waals surface area (Å²) in [5, 5.41) is 3.32. The monoisotopic (exact) mass is 537 g/mol. The molecule has 1 heterocycles. The van der Waals surface area contributed by atoms with Gasteiger partial charge in [-0.2, -0.15) is 0 Å². The number of amides is 4. The van der Waals surface area contributed by atoms with Gasteiger partial charge in [-0.05, 0) is 87.4 Å². The van der Waals surface area contributed by atoms with Gasteiger partial charge in [0, 0.05) is 42.6 Å². The molecule has 6 aliphatic rings. The number of urea groups is 1.